The summed E-state index contributed by atoms with van der Waals surface area (Å²) in [6.07, 6.45) is -2.18. The van der Waals surface area contributed by atoms with Gasteiger partial charge in [0, 0.05) is 13.0 Å². The first-order chi connectivity index (χ1) is 10.1. The van der Waals surface area contributed by atoms with Gasteiger partial charge in [0.1, 0.15) is 11.8 Å². The highest BCUT2D eigenvalue weighted by molar-refractivity contribution is 7.51. The Morgan fingerprint density at radius 1 is 1.45 bits per heavy atom. The van der Waals surface area contributed by atoms with Gasteiger partial charge in [0.25, 0.3) is 11.5 Å². The number of hydrogen-bond acceptors (Lipinski definition) is 6. The van der Waals surface area contributed by atoms with Crippen LogP contribution in [-0.4, -0.2) is 45.1 Å². The van der Waals surface area contributed by atoms with Crippen LogP contribution in [0.4, 0.5) is 26.2 Å². The van der Waals surface area contributed by atoms with Gasteiger partial charge < -0.3 is 25.7 Å². The largest absolute Gasteiger partial charge is 0.369 e. The highest BCUT2D eigenvalue weighted by atomic mass is 31.2. The van der Waals surface area contributed by atoms with Gasteiger partial charge in [0.05, 0.1) is 6.67 Å². The van der Waals surface area contributed by atoms with Crippen molar-refractivity contribution in [2.75, 3.05) is 35.3 Å². The van der Waals surface area contributed by atoms with Crippen LogP contribution in [0.1, 0.15) is 12.8 Å². The van der Waals surface area contributed by atoms with E-state index in [0.717, 1.165) is 0 Å². The van der Waals surface area contributed by atoms with Crippen molar-refractivity contribution in [2.24, 2.45) is 0 Å². The van der Waals surface area contributed by atoms with Gasteiger partial charge >= 0.3 is 7.60 Å². The summed E-state index contributed by atoms with van der Waals surface area (Å²) in [5.41, 5.74) is 5.20. The molecular formula is C10H16F2N5O4P. The summed E-state index contributed by atoms with van der Waals surface area (Å²) in [4.78, 5) is 36.6. The van der Waals surface area contributed by atoms with Crippen LogP contribution in [0.25, 0.3) is 0 Å². The Bertz CT molecular complexity index is 661. The third-order valence-electron chi connectivity index (χ3n) is 3.07. The molecule has 0 saturated heterocycles. The Labute approximate surface area is 123 Å². The number of nitrogens with two attached hydrogens (primary N) is 1. The number of H-pyrrole nitrogens is 1. The van der Waals surface area contributed by atoms with Gasteiger partial charge in [0.15, 0.2) is 5.82 Å². The monoisotopic (exact) mass is 339 g/mol. The maximum atomic E-state index is 13.4. The average Bonchev–Trinajstić information content (AvgIpc) is 2.69. The minimum atomic E-state index is -4.77. The van der Waals surface area contributed by atoms with E-state index in [4.69, 9.17) is 15.5 Å². The highest BCUT2D eigenvalue weighted by Gasteiger charge is 2.37. The average molecular weight is 339 g/mol. The molecule has 2 heterocycles. The van der Waals surface area contributed by atoms with Crippen molar-refractivity contribution < 1.29 is 23.1 Å². The fourth-order valence-electron chi connectivity index (χ4n) is 2.21. The molecule has 22 heavy (non-hydrogen) atoms. The molecule has 0 fully saturated rings. The number of aromatic nitrogens is 2. The normalized spacial score (nSPS) is 14.8. The number of alkyl halides is 2. The molecule has 124 valence electrons. The van der Waals surface area contributed by atoms with E-state index in [-0.39, 0.29) is 37.1 Å². The van der Waals surface area contributed by atoms with E-state index in [0.29, 0.717) is 0 Å². The smallest absolute Gasteiger partial charge is 0.331 e. The summed E-state index contributed by atoms with van der Waals surface area (Å²) in [6.45, 7) is 0.367. The van der Waals surface area contributed by atoms with Crippen LogP contribution in [0.5, 0.6) is 0 Å². The lowest BCUT2D eigenvalue weighted by Crippen LogP contribution is -2.28. The minimum Gasteiger partial charge on any atom is -0.369 e. The second-order valence-electron chi connectivity index (χ2n) is 5.03. The second-order valence-corrected chi connectivity index (χ2v) is 6.68. The Hall–Kier alpha value is -1.71. The van der Waals surface area contributed by atoms with Crippen LogP contribution in [0.15, 0.2) is 4.79 Å². The summed E-state index contributed by atoms with van der Waals surface area (Å²) < 4.78 is 37.4. The maximum absolute atomic E-state index is 13.4. The predicted molar refractivity (Wildman–Crippen MR) is 76.2 cm³/mol. The SMILES string of the molecule is Nc1nc2c(c(=O)[nH]1)NCN2CCCC(F)(F)CP(=O)(O)O. The third-order valence-corrected chi connectivity index (χ3v) is 3.95. The molecule has 0 aromatic carbocycles. The lowest BCUT2D eigenvalue weighted by molar-refractivity contribution is 0.0109. The maximum Gasteiger partial charge on any atom is 0.331 e. The van der Waals surface area contributed by atoms with Crippen LogP contribution in [0.3, 0.4) is 0 Å². The summed E-state index contributed by atoms with van der Waals surface area (Å²) in [5.74, 6) is -3.25. The molecule has 6 N–H and O–H groups in total. The van der Waals surface area contributed by atoms with E-state index in [1.54, 1.807) is 4.90 Å². The molecule has 0 radical (unpaired) electrons. The fourth-order valence-corrected chi connectivity index (χ4v) is 2.97. The number of halogens is 2. The van der Waals surface area contributed by atoms with Gasteiger partial charge in [-0.25, -0.2) is 8.78 Å². The van der Waals surface area contributed by atoms with E-state index >= 15 is 0 Å². The van der Waals surface area contributed by atoms with E-state index in [2.05, 4.69) is 15.3 Å². The zero-order valence-corrected chi connectivity index (χ0v) is 12.3. The van der Waals surface area contributed by atoms with E-state index in [1.807, 2.05) is 0 Å². The molecule has 0 unspecified atom stereocenters. The Kier molecular flexibility index (Phi) is 4.41. The zero-order valence-electron chi connectivity index (χ0n) is 11.4. The molecule has 0 bridgehead atoms. The van der Waals surface area contributed by atoms with E-state index in [9.17, 15) is 18.1 Å². The molecule has 2 rings (SSSR count). The first kappa shape index (κ1) is 16.7. The van der Waals surface area contributed by atoms with Crippen molar-refractivity contribution in [3.05, 3.63) is 10.4 Å². The number of rotatable bonds is 6. The molecule has 1 aromatic heterocycles. The molecule has 9 nitrogen and oxygen atoms in total. The van der Waals surface area contributed by atoms with Crippen molar-refractivity contribution >= 4 is 25.0 Å². The minimum absolute atomic E-state index is 0.0253. The number of aromatic amines is 1. The van der Waals surface area contributed by atoms with E-state index in [1.165, 1.54) is 0 Å². The van der Waals surface area contributed by atoms with Crippen molar-refractivity contribution in [3.8, 4) is 0 Å². The van der Waals surface area contributed by atoms with Gasteiger partial charge in [0.2, 0.25) is 5.95 Å². The third kappa shape index (κ3) is 4.15. The molecule has 1 aromatic rings. The standard InChI is InChI=1S/C10H16F2N5O4P/c11-10(12,4-22(19,20)21)2-1-3-17-5-14-6-7(17)15-9(13)16-8(6)18/h14H,1-5H2,(H2,19,20,21)(H3,13,15,16,18). The van der Waals surface area contributed by atoms with Crippen LogP contribution >= 0.6 is 7.60 Å². The topological polar surface area (TPSA) is 145 Å². The molecule has 12 heteroatoms. The van der Waals surface area contributed by atoms with Crippen LogP contribution in [0.2, 0.25) is 0 Å². The van der Waals surface area contributed by atoms with Crippen LogP contribution in [0, 0.1) is 0 Å². The van der Waals surface area contributed by atoms with Crippen molar-refractivity contribution in [1.82, 2.24) is 9.97 Å². The van der Waals surface area contributed by atoms with Gasteiger partial charge in [-0.3, -0.25) is 14.3 Å². The highest BCUT2D eigenvalue weighted by Crippen LogP contribution is 2.42. The van der Waals surface area contributed by atoms with Crippen LogP contribution in [-0.2, 0) is 4.57 Å². The Morgan fingerprint density at radius 2 is 2.14 bits per heavy atom. The molecule has 0 aliphatic carbocycles. The zero-order chi connectivity index (χ0) is 16.5. The Morgan fingerprint density at radius 3 is 2.77 bits per heavy atom. The molecule has 0 spiro atoms. The molecule has 0 atom stereocenters. The van der Waals surface area contributed by atoms with Crippen molar-refractivity contribution in [1.29, 1.82) is 0 Å². The lowest BCUT2D eigenvalue weighted by atomic mass is 10.2. The second kappa shape index (κ2) is 5.82. The van der Waals surface area contributed by atoms with Crippen molar-refractivity contribution in [2.45, 2.75) is 18.8 Å². The van der Waals surface area contributed by atoms with Crippen molar-refractivity contribution in [3.63, 3.8) is 0 Å². The van der Waals surface area contributed by atoms with Gasteiger partial charge in [-0.1, -0.05) is 0 Å². The number of nitrogen functional groups attached to an aromatic ring is 1. The summed E-state index contributed by atoms with van der Waals surface area (Å²) in [5, 5.41) is 2.78. The van der Waals surface area contributed by atoms with Gasteiger partial charge in [-0.2, -0.15) is 4.98 Å². The lowest BCUT2D eigenvalue weighted by Gasteiger charge is -2.20. The Balaban J connectivity index is 1.96. The fraction of sp³-hybridized carbons (Fsp3) is 0.600. The predicted octanol–water partition coefficient (Wildman–Crippen LogP) is 0.135. The van der Waals surface area contributed by atoms with Gasteiger partial charge in [-0.05, 0) is 6.42 Å². The number of anilines is 3. The molecule has 0 amide bonds. The molecular weight excluding hydrogens is 323 g/mol. The number of nitrogens with one attached hydrogen (secondary N) is 2. The summed E-state index contributed by atoms with van der Waals surface area (Å²) in [6, 6.07) is 0. The van der Waals surface area contributed by atoms with Crippen LogP contribution < -0.4 is 21.5 Å². The number of hydrogen-bond donors (Lipinski definition) is 5. The van der Waals surface area contributed by atoms with Gasteiger partial charge in [-0.15, -0.1) is 0 Å². The first-order valence-electron chi connectivity index (χ1n) is 6.38. The number of fused-ring (bicyclic) bond motifs is 1. The van der Waals surface area contributed by atoms with E-state index < -0.39 is 31.7 Å². The first-order valence-corrected chi connectivity index (χ1v) is 8.18. The summed E-state index contributed by atoms with van der Waals surface area (Å²) >= 11 is 0. The molecule has 1 aliphatic heterocycles. The quantitative estimate of drug-likeness (QED) is 0.460. The number of nitrogens with zero attached hydrogens (tertiary/aromatic N) is 2. The molecule has 1 aliphatic rings. The summed E-state index contributed by atoms with van der Waals surface area (Å²) in [7, 11) is -4.77. The molecule has 0 saturated carbocycles.